The Bertz CT molecular complexity index is 941. The van der Waals surface area contributed by atoms with Crippen LogP contribution in [0.25, 0.3) is 10.1 Å². The largest absolute Gasteiger partial charge is 0.268 e. The third-order valence-corrected chi connectivity index (χ3v) is 5.91. The van der Waals surface area contributed by atoms with Gasteiger partial charge >= 0.3 is 0 Å². The van der Waals surface area contributed by atoms with Crippen LogP contribution in [0.1, 0.15) is 18.3 Å². The lowest BCUT2D eigenvalue weighted by molar-refractivity contribution is 0.598. The van der Waals surface area contributed by atoms with Crippen molar-refractivity contribution in [3.63, 3.8) is 0 Å². The summed E-state index contributed by atoms with van der Waals surface area (Å²) in [6.07, 6.45) is 0. The first-order chi connectivity index (χ1) is 10.4. The molecule has 116 valence electrons. The minimum Gasteiger partial charge on any atom is -0.268 e. The summed E-state index contributed by atoms with van der Waals surface area (Å²) < 4.78 is 34.9. The number of rotatable bonds is 4. The molecule has 0 aliphatic heterocycles. The second-order valence-electron chi connectivity index (χ2n) is 4.95. The van der Waals surface area contributed by atoms with E-state index in [0.29, 0.717) is 23.8 Å². The summed E-state index contributed by atoms with van der Waals surface area (Å²) in [6, 6.07) is 7.53. The minimum atomic E-state index is -3.71. The number of nitrogens with zero attached hydrogens (tertiary/aromatic N) is 3. The quantitative estimate of drug-likeness (QED) is 0.795. The number of hydrogen-bond donors (Lipinski definition) is 1. The van der Waals surface area contributed by atoms with Crippen LogP contribution in [0, 0.1) is 13.8 Å². The standard InChI is InChI=1S/C14H16N4O2S2/c1-4-18-10(3)13(9(2)15-18)22(19,20)17-14-11-7-5-6-8-12(11)21-16-14/h5-8H,4H2,1-3H3,(H,16,17). The van der Waals surface area contributed by atoms with Crippen molar-refractivity contribution in [3.8, 4) is 0 Å². The lowest BCUT2D eigenvalue weighted by Crippen LogP contribution is -2.15. The van der Waals surface area contributed by atoms with Gasteiger partial charge in [-0.25, -0.2) is 8.42 Å². The van der Waals surface area contributed by atoms with Gasteiger partial charge in [-0.2, -0.15) is 9.47 Å². The summed E-state index contributed by atoms with van der Waals surface area (Å²) in [5, 5.41) is 5.07. The molecule has 2 heterocycles. The number of aromatic nitrogens is 3. The normalized spacial score (nSPS) is 12.0. The number of sulfonamides is 1. The van der Waals surface area contributed by atoms with Crippen LogP contribution >= 0.6 is 11.5 Å². The van der Waals surface area contributed by atoms with E-state index in [-0.39, 0.29) is 4.90 Å². The topological polar surface area (TPSA) is 76.9 Å². The summed E-state index contributed by atoms with van der Waals surface area (Å²) in [7, 11) is -3.71. The van der Waals surface area contributed by atoms with Gasteiger partial charge in [0.1, 0.15) is 4.90 Å². The summed E-state index contributed by atoms with van der Waals surface area (Å²) in [6.45, 7) is 6.02. The van der Waals surface area contributed by atoms with Crippen LogP contribution < -0.4 is 4.72 Å². The molecule has 1 aromatic carbocycles. The van der Waals surface area contributed by atoms with E-state index < -0.39 is 10.0 Å². The molecule has 0 bridgehead atoms. The van der Waals surface area contributed by atoms with Crippen molar-refractivity contribution >= 4 is 37.5 Å². The fourth-order valence-electron chi connectivity index (χ4n) is 2.52. The fourth-order valence-corrected chi connectivity index (χ4v) is 4.75. The van der Waals surface area contributed by atoms with Crippen molar-refractivity contribution in [2.24, 2.45) is 0 Å². The molecule has 0 saturated heterocycles. The molecule has 0 aliphatic rings. The lowest BCUT2D eigenvalue weighted by Gasteiger charge is -2.07. The average Bonchev–Trinajstić information content (AvgIpc) is 3.00. The maximum atomic E-state index is 12.7. The molecule has 0 aliphatic carbocycles. The van der Waals surface area contributed by atoms with Crippen molar-refractivity contribution in [2.45, 2.75) is 32.2 Å². The number of anilines is 1. The monoisotopic (exact) mass is 336 g/mol. The molecule has 0 spiro atoms. The van der Waals surface area contributed by atoms with E-state index in [1.54, 1.807) is 18.5 Å². The van der Waals surface area contributed by atoms with E-state index >= 15 is 0 Å². The van der Waals surface area contributed by atoms with Gasteiger partial charge in [0.15, 0.2) is 5.82 Å². The van der Waals surface area contributed by atoms with Crippen LogP contribution in [0.2, 0.25) is 0 Å². The highest BCUT2D eigenvalue weighted by molar-refractivity contribution is 7.92. The maximum absolute atomic E-state index is 12.7. The molecule has 8 heteroatoms. The van der Waals surface area contributed by atoms with Gasteiger partial charge < -0.3 is 0 Å². The van der Waals surface area contributed by atoms with Gasteiger partial charge in [-0.1, -0.05) is 12.1 Å². The number of aryl methyl sites for hydroxylation is 2. The highest BCUT2D eigenvalue weighted by Crippen LogP contribution is 2.29. The molecule has 0 unspecified atom stereocenters. The van der Waals surface area contributed by atoms with Crippen LogP contribution in [0.4, 0.5) is 5.82 Å². The molecule has 1 N–H and O–H groups in total. The van der Waals surface area contributed by atoms with Gasteiger partial charge in [0, 0.05) is 11.9 Å². The Hall–Kier alpha value is -1.93. The summed E-state index contributed by atoms with van der Waals surface area (Å²) in [5.41, 5.74) is 1.12. The number of fused-ring (bicyclic) bond motifs is 1. The van der Waals surface area contributed by atoms with E-state index in [0.717, 1.165) is 10.1 Å². The second kappa shape index (κ2) is 5.36. The molecular weight excluding hydrogens is 320 g/mol. The van der Waals surface area contributed by atoms with Crippen molar-refractivity contribution in [1.82, 2.24) is 14.2 Å². The molecule has 0 radical (unpaired) electrons. The highest BCUT2D eigenvalue weighted by atomic mass is 32.2. The molecule has 22 heavy (non-hydrogen) atoms. The zero-order valence-electron chi connectivity index (χ0n) is 12.5. The van der Waals surface area contributed by atoms with Crippen molar-refractivity contribution < 1.29 is 8.42 Å². The minimum absolute atomic E-state index is 0.228. The Balaban J connectivity index is 2.06. The molecule has 0 fully saturated rings. The SMILES string of the molecule is CCn1nc(C)c(S(=O)(=O)Nc2nsc3ccccc23)c1C. The van der Waals surface area contributed by atoms with E-state index in [1.807, 2.05) is 31.2 Å². The Morgan fingerprint density at radius 2 is 2.00 bits per heavy atom. The van der Waals surface area contributed by atoms with E-state index in [2.05, 4.69) is 14.2 Å². The van der Waals surface area contributed by atoms with E-state index in [9.17, 15) is 8.42 Å². The Morgan fingerprint density at radius 3 is 2.68 bits per heavy atom. The molecule has 3 aromatic rings. The van der Waals surface area contributed by atoms with Crippen LogP contribution in [0.3, 0.4) is 0 Å². The molecule has 0 amide bonds. The molecule has 0 atom stereocenters. The molecular formula is C14H16N4O2S2. The summed E-state index contributed by atoms with van der Waals surface area (Å²) in [4.78, 5) is 0.228. The van der Waals surface area contributed by atoms with Crippen LogP contribution in [0.5, 0.6) is 0 Å². The number of hydrogen-bond acceptors (Lipinski definition) is 5. The van der Waals surface area contributed by atoms with Gasteiger partial charge in [0.2, 0.25) is 0 Å². The first kappa shape index (κ1) is 15.0. The predicted molar refractivity (Wildman–Crippen MR) is 87.8 cm³/mol. The van der Waals surface area contributed by atoms with Gasteiger partial charge in [-0.05, 0) is 44.4 Å². The fraction of sp³-hybridized carbons (Fsp3) is 0.286. The molecule has 0 saturated carbocycles. The molecule has 2 aromatic heterocycles. The smallest absolute Gasteiger partial charge is 0.266 e. The third kappa shape index (κ3) is 2.38. The van der Waals surface area contributed by atoms with Gasteiger partial charge in [-0.3, -0.25) is 9.40 Å². The lowest BCUT2D eigenvalue weighted by atomic mass is 10.3. The summed E-state index contributed by atoms with van der Waals surface area (Å²) >= 11 is 1.27. The van der Waals surface area contributed by atoms with E-state index in [1.165, 1.54) is 11.5 Å². The van der Waals surface area contributed by atoms with Gasteiger partial charge in [0.25, 0.3) is 10.0 Å². The second-order valence-corrected chi connectivity index (χ2v) is 7.37. The Kier molecular flexibility index (Phi) is 3.65. The first-order valence-corrected chi connectivity index (χ1v) is 9.11. The van der Waals surface area contributed by atoms with E-state index in [4.69, 9.17) is 0 Å². The predicted octanol–water partition coefficient (Wildman–Crippen LogP) is 2.93. The Labute approximate surface area is 133 Å². The maximum Gasteiger partial charge on any atom is 0.266 e. The Morgan fingerprint density at radius 1 is 1.27 bits per heavy atom. The van der Waals surface area contributed by atoms with Crippen molar-refractivity contribution in [3.05, 3.63) is 35.7 Å². The number of benzene rings is 1. The van der Waals surface area contributed by atoms with Gasteiger partial charge in [-0.15, -0.1) is 0 Å². The molecule has 3 rings (SSSR count). The van der Waals surface area contributed by atoms with Crippen LogP contribution in [0.15, 0.2) is 29.2 Å². The van der Waals surface area contributed by atoms with Crippen molar-refractivity contribution in [2.75, 3.05) is 4.72 Å². The zero-order valence-corrected chi connectivity index (χ0v) is 14.1. The van der Waals surface area contributed by atoms with Crippen LogP contribution in [-0.4, -0.2) is 22.6 Å². The highest BCUT2D eigenvalue weighted by Gasteiger charge is 2.25. The molecule has 6 nitrogen and oxygen atoms in total. The van der Waals surface area contributed by atoms with Crippen LogP contribution in [-0.2, 0) is 16.6 Å². The number of nitrogens with one attached hydrogen (secondary N) is 1. The average molecular weight is 336 g/mol. The third-order valence-electron chi connectivity index (χ3n) is 3.49. The first-order valence-electron chi connectivity index (χ1n) is 6.85. The summed E-state index contributed by atoms with van der Waals surface area (Å²) in [5.74, 6) is 0.364. The zero-order chi connectivity index (χ0) is 15.9. The van der Waals surface area contributed by atoms with Gasteiger partial charge in [0.05, 0.1) is 16.1 Å². The van der Waals surface area contributed by atoms with Crippen molar-refractivity contribution in [1.29, 1.82) is 0 Å².